The van der Waals surface area contributed by atoms with Crippen LogP contribution in [-0.4, -0.2) is 24.2 Å². The molecule has 0 heterocycles. The van der Waals surface area contributed by atoms with Crippen molar-refractivity contribution in [1.82, 2.24) is 0 Å². The number of carbonyl (C=O) groups excluding carboxylic acids is 2. The summed E-state index contributed by atoms with van der Waals surface area (Å²) in [5.74, 6) is -0.581. The van der Waals surface area contributed by atoms with Gasteiger partial charge >= 0.3 is 0 Å². The molecule has 0 radical (unpaired) electrons. The van der Waals surface area contributed by atoms with Gasteiger partial charge in [-0.05, 0) is 18.0 Å². The summed E-state index contributed by atoms with van der Waals surface area (Å²) >= 11 is 4.90. The molecule has 3 nitrogen and oxygen atoms in total. The van der Waals surface area contributed by atoms with Gasteiger partial charge in [0.25, 0.3) is 5.24 Å². The van der Waals surface area contributed by atoms with E-state index in [1.165, 1.54) is 0 Å². The van der Waals surface area contributed by atoms with Crippen molar-refractivity contribution in [3.05, 3.63) is 0 Å². The number of rotatable bonds is 6. The van der Waals surface area contributed by atoms with E-state index in [1.54, 1.807) is 0 Å². The van der Waals surface area contributed by atoms with E-state index in [0.29, 0.717) is 6.61 Å². The molecular formula is C7H11ClO3. The number of halogens is 1. The Morgan fingerprint density at radius 2 is 2.00 bits per heavy atom. The molecule has 0 saturated heterocycles. The lowest BCUT2D eigenvalue weighted by atomic mass is 10.3. The van der Waals surface area contributed by atoms with Crippen LogP contribution in [-0.2, 0) is 14.3 Å². The van der Waals surface area contributed by atoms with Crippen molar-refractivity contribution in [2.24, 2.45) is 0 Å². The minimum Gasteiger partial charge on any atom is -0.381 e. The number of hydrogen-bond donors (Lipinski definition) is 0. The van der Waals surface area contributed by atoms with Gasteiger partial charge in [0.15, 0.2) is 0 Å². The Kier molecular flexibility index (Phi) is 6.07. The molecule has 0 amide bonds. The van der Waals surface area contributed by atoms with Crippen LogP contribution >= 0.6 is 11.6 Å². The van der Waals surface area contributed by atoms with Crippen LogP contribution in [0.2, 0.25) is 0 Å². The summed E-state index contributed by atoms with van der Waals surface area (Å²) in [6.07, 6.45) is 0.991. The van der Waals surface area contributed by atoms with Crippen LogP contribution in [0.3, 0.4) is 0 Å². The van der Waals surface area contributed by atoms with Crippen LogP contribution in [0.4, 0.5) is 0 Å². The highest BCUT2D eigenvalue weighted by Gasteiger charge is 2.08. The maximum atomic E-state index is 10.5. The highest BCUT2D eigenvalue weighted by atomic mass is 35.5. The zero-order chi connectivity index (χ0) is 8.69. The molecule has 0 rings (SSSR count). The van der Waals surface area contributed by atoms with Gasteiger partial charge in [-0.3, -0.25) is 9.59 Å². The Morgan fingerprint density at radius 1 is 1.36 bits per heavy atom. The van der Waals surface area contributed by atoms with E-state index in [2.05, 4.69) is 0 Å². The first-order chi connectivity index (χ1) is 5.18. The molecule has 0 aromatic rings. The second-order valence-electron chi connectivity index (χ2n) is 2.06. The van der Waals surface area contributed by atoms with Gasteiger partial charge < -0.3 is 4.74 Å². The first-order valence-electron chi connectivity index (χ1n) is 3.49. The Hall–Kier alpha value is -0.410. The molecular weight excluding hydrogens is 168 g/mol. The molecule has 11 heavy (non-hydrogen) atoms. The van der Waals surface area contributed by atoms with Gasteiger partial charge in [0.2, 0.25) is 5.78 Å². The normalized spacial score (nSPS) is 9.64. The summed E-state index contributed by atoms with van der Waals surface area (Å²) < 4.78 is 4.97. The summed E-state index contributed by atoms with van der Waals surface area (Å²) in [5, 5.41) is -0.912. The van der Waals surface area contributed by atoms with E-state index in [1.807, 2.05) is 6.92 Å². The third-order valence-corrected chi connectivity index (χ3v) is 1.25. The summed E-state index contributed by atoms with van der Waals surface area (Å²) in [6.45, 7) is 2.86. The first-order valence-corrected chi connectivity index (χ1v) is 3.86. The van der Waals surface area contributed by atoms with Crippen LogP contribution in [0, 0.1) is 0 Å². The third-order valence-electron chi connectivity index (χ3n) is 1.04. The van der Waals surface area contributed by atoms with Gasteiger partial charge in [-0.15, -0.1) is 0 Å². The lowest BCUT2D eigenvalue weighted by molar-refractivity contribution is -0.132. The summed E-state index contributed by atoms with van der Waals surface area (Å²) in [5.41, 5.74) is 0. The predicted molar refractivity (Wildman–Crippen MR) is 41.6 cm³/mol. The fourth-order valence-corrected chi connectivity index (χ4v) is 0.604. The molecule has 4 heteroatoms. The zero-order valence-corrected chi connectivity index (χ0v) is 7.19. The predicted octanol–water partition coefficient (Wildman–Crippen LogP) is 1.14. The van der Waals surface area contributed by atoms with Crippen molar-refractivity contribution in [3.8, 4) is 0 Å². The number of carbonyl (C=O) groups is 2. The Balaban J connectivity index is 3.25. The minimum absolute atomic E-state index is 0.0856. The third kappa shape index (κ3) is 6.01. The first kappa shape index (κ1) is 10.6. The molecule has 0 bridgehead atoms. The highest BCUT2D eigenvalue weighted by Crippen LogP contribution is 1.91. The average Bonchev–Trinajstić information content (AvgIpc) is 1.97. The maximum Gasteiger partial charge on any atom is 0.288 e. The van der Waals surface area contributed by atoms with Crippen molar-refractivity contribution in [2.75, 3.05) is 13.2 Å². The van der Waals surface area contributed by atoms with Crippen molar-refractivity contribution in [1.29, 1.82) is 0 Å². The molecule has 0 atom stereocenters. The minimum atomic E-state index is -0.912. The molecule has 0 spiro atoms. The molecule has 0 fully saturated rings. The summed E-state index contributed by atoms with van der Waals surface area (Å²) in [4.78, 5) is 20.7. The van der Waals surface area contributed by atoms with Gasteiger partial charge in [0.05, 0.1) is 6.61 Å². The molecule has 64 valence electrons. The van der Waals surface area contributed by atoms with E-state index in [4.69, 9.17) is 16.3 Å². The lowest BCUT2D eigenvalue weighted by Crippen LogP contribution is -2.10. The Labute approximate surface area is 70.7 Å². The van der Waals surface area contributed by atoms with Crippen LogP contribution in [0.15, 0.2) is 0 Å². The van der Waals surface area contributed by atoms with E-state index < -0.39 is 11.0 Å². The maximum absolute atomic E-state index is 10.5. The number of ether oxygens (including phenoxy) is 1. The number of ketones is 1. The van der Waals surface area contributed by atoms with Crippen molar-refractivity contribution in [2.45, 2.75) is 19.8 Å². The van der Waals surface area contributed by atoms with Gasteiger partial charge in [0, 0.05) is 13.0 Å². The van der Waals surface area contributed by atoms with Gasteiger partial charge in [-0.25, -0.2) is 0 Å². The van der Waals surface area contributed by atoms with Crippen LogP contribution in [0.25, 0.3) is 0 Å². The fraction of sp³-hybridized carbons (Fsp3) is 0.714. The van der Waals surface area contributed by atoms with Gasteiger partial charge in [-0.2, -0.15) is 0 Å². The summed E-state index contributed by atoms with van der Waals surface area (Å²) in [6, 6.07) is 0. The number of hydrogen-bond acceptors (Lipinski definition) is 3. The zero-order valence-electron chi connectivity index (χ0n) is 6.43. The van der Waals surface area contributed by atoms with Crippen molar-refractivity contribution >= 4 is 22.6 Å². The van der Waals surface area contributed by atoms with E-state index in [0.717, 1.165) is 6.42 Å². The highest BCUT2D eigenvalue weighted by molar-refractivity contribution is 6.81. The van der Waals surface area contributed by atoms with Crippen LogP contribution in [0.5, 0.6) is 0 Å². The SMILES string of the molecule is CCCOCCC(=O)C(=O)Cl. The monoisotopic (exact) mass is 178 g/mol. The second-order valence-corrected chi connectivity index (χ2v) is 2.40. The van der Waals surface area contributed by atoms with Crippen molar-refractivity contribution < 1.29 is 14.3 Å². The fourth-order valence-electron chi connectivity index (χ4n) is 0.510. The van der Waals surface area contributed by atoms with E-state index in [9.17, 15) is 9.59 Å². The molecule has 0 saturated carbocycles. The number of Topliss-reactive ketones (excluding diaryl/α,β-unsaturated/α-hetero) is 1. The van der Waals surface area contributed by atoms with E-state index in [-0.39, 0.29) is 13.0 Å². The molecule has 0 unspecified atom stereocenters. The van der Waals surface area contributed by atoms with Crippen LogP contribution in [0.1, 0.15) is 19.8 Å². The largest absolute Gasteiger partial charge is 0.381 e. The topological polar surface area (TPSA) is 43.4 Å². The van der Waals surface area contributed by atoms with Gasteiger partial charge in [-0.1, -0.05) is 6.92 Å². The second kappa shape index (κ2) is 6.31. The quantitative estimate of drug-likeness (QED) is 0.348. The molecule has 0 aromatic carbocycles. The van der Waals surface area contributed by atoms with Gasteiger partial charge in [0.1, 0.15) is 0 Å². The average molecular weight is 179 g/mol. The molecule has 0 aliphatic heterocycles. The smallest absolute Gasteiger partial charge is 0.288 e. The van der Waals surface area contributed by atoms with Crippen molar-refractivity contribution in [3.63, 3.8) is 0 Å². The standard InChI is InChI=1S/C7H11ClO3/c1-2-4-11-5-3-6(9)7(8)10/h2-5H2,1H3. The molecule has 0 aromatic heterocycles. The van der Waals surface area contributed by atoms with E-state index >= 15 is 0 Å². The Bertz CT molecular complexity index is 145. The lowest BCUT2D eigenvalue weighted by Gasteiger charge is -1.98. The molecule has 0 aliphatic carbocycles. The Morgan fingerprint density at radius 3 is 2.45 bits per heavy atom. The molecule has 0 aliphatic rings. The summed E-state index contributed by atoms with van der Waals surface area (Å²) in [7, 11) is 0. The molecule has 0 N–H and O–H groups in total. The van der Waals surface area contributed by atoms with Crippen LogP contribution < -0.4 is 0 Å².